The molecule has 0 unspecified atom stereocenters. The minimum atomic E-state index is -0.713. The first-order chi connectivity index (χ1) is 15.9. The molecule has 7 nitrogen and oxygen atoms in total. The van der Waals surface area contributed by atoms with Crippen LogP contribution >= 0.6 is 23.2 Å². The van der Waals surface area contributed by atoms with E-state index in [1.54, 1.807) is 12.1 Å². The monoisotopic (exact) mass is 498 g/mol. The number of rotatable bonds is 9. The fraction of sp³-hybridized carbons (Fsp3) is 0.522. The van der Waals surface area contributed by atoms with Gasteiger partial charge in [-0.15, -0.1) is 0 Å². The largest absolute Gasteiger partial charge is 0.447 e. The van der Waals surface area contributed by atoms with Crippen molar-refractivity contribution < 1.29 is 18.7 Å². The number of carbonyl (C=O) groups excluding carboxylic acids is 1. The molecule has 1 N–H and O–H groups in total. The third-order valence-electron chi connectivity index (χ3n) is 5.43. The predicted octanol–water partition coefficient (Wildman–Crippen LogP) is 5.18. The lowest BCUT2D eigenvalue weighted by Gasteiger charge is -2.22. The molecule has 1 amide bonds. The Labute approximate surface area is 203 Å². The van der Waals surface area contributed by atoms with E-state index in [0.717, 1.165) is 22.6 Å². The van der Waals surface area contributed by atoms with Crippen LogP contribution in [0.2, 0.25) is 10.0 Å². The Morgan fingerprint density at radius 3 is 2.58 bits per heavy atom. The van der Waals surface area contributed by atoms with Gasteiger partial charge in [-0.2, -0.15) is 0 Å². The normalized spacial score (nSPS) is 17.9. The van der Waals surface area contributed by atoms with E-state index in [2.05, 4.69) is 5.32 Å². The Morgan fingerprint density at radius 1 is 1.18 bits per heavy atom. The Bertz CT molecular complexity index is 979. The van der Waals surface area contributed by atoms with E-state index in [-0.39, 0.29) is 18.8 Å². The van der Waals surface area contributed by atoms with Crippen LogP contribution in [0.25, 0.3) is 11.3 Å². The lowest BCUT2D eigenvalue weighted by molar-refractivity contribution is 0.0582. The molecule has 0 bridgehead atoms. The number of halogens is 3. The van der Waals surface area contributed by atoms with E-state index < -0.39 is 12.8 Å². The van der Waals surface area contributed by atoms with Crippen molar-refractivity contribution >= 4 is 35.1 Å². The van der Waals surface area contributed by atoms with Crippen LogP contribution in [-0.2, 0) is 22.3 Å². The van der Waals surface area contributed by atoms with Gasteiger partial charge in [-0.3, -0.25) is 0 Å². The van der Waals surface area contributed by atoms with E-state index in [1.807, 2.05) is 26.8 Å². The maximum atomic E-state index is 12.4. The molecule has 3 rings (SSSR count). The van der Waals surface area contributed by atoms with Crippen LogP contribution in [0.4, 0.5) is 15.0 Å². The number of aryl methyl sites for hydroxylation is 2. The van der Waals surface area contributed by atoms with Crippen LogP contribution in [0.3, 0.4) is 0 Å². The number of hydrogen-bond acceptors (Lipinski definition) is 6. The molecule has 1 saturated heterocycles. The second kappa shape index (κ2) is 11.8. The first-order valence-electron chi connectivity index (χ1n) is 11.1. The number of anilines is 1. The van der Waals surface area contributed by atoms with Gasteiger partial charge in [0.05, 0.1) is 40.8 Å². The SMILES string of the molecule is CCO[C@@H]1CN(C(=O)OCCF)C[C@@H]1Nc1nc(CC)c(-c2ccc(Cl)cc2Cl)nc1CC. The fourth-order valence-electron chi connectivity index (χ4n) is 3.85. The lowest BCUT2D eigenvalue weighted by atomic mass is 10.1. The van der Waals surface area contributed by atoms with E-state index in [9.17, 15) is 9.18 Å². The summed E-state index contributed by atoms with van der Waals surface area (Å²) in [7, 11) is 0. The van der Waals surface area contributed by atoms with Gasteiger partial charge in [0, 0.05) is 23.7 Å². The molecule has 0 aliphatic carbocycles. The van der Waals surface area contributed by atoms with Crippen molar-refractivity contribution in [1.29, 1.82) is 0 Å². The number of benzene rings is 1. The summed E-state index contributed by atoms with van der Waals surface area (Å²) in [5.74, 6) is 0.650. The van der Waals surface area contributed by atoms with Crippen molar-refractivity contribution in [3.63, 3.8) is 0 Å². The highest BCUT2D eigenvalue weighted by atomic mass is 35.5. The Balaban J connectivity index is 1.89. The number of alkyl halides is 1. The number of nitrogens with zero attached hydrogens (tertiary/aromatic N) is 3. The number of carbonyl (C=O) groups is 1. The molecule has 180 valence electrons. The zero-order chi connectivity index (χ0) is 24.0. The van der Waals surface area contributed by atoms with Crippen LogP contribution in [0.5, 0.6) is 0 Å². The van der Waals surface area contributed by atoms with Crippen molar-refractivity contribution in [2.45, 2.75) is 45.8 Å². The maximum Gasteiger partial charge on any atom is 0.410 e. The van der Waals surface area contributed by atoms with Gasteiger partial charge >= 0.3 is 6.09 Å². The van der Waals surface area contributed by atoms with Gasteiger partial charge in [-0.1, -0.05) is 37.0 Å². The molecule has 1 aliphatic rings. The highest BCUT2D eigenvalue weighted by Crippen LogP contribution is 2.33. The van der Waals surface area contributed by atoms with Crippen LogP contribution < -0.4 is 5.32 Å². The first kappa shape index (κ1) is 25.5. The molecule has 0 radical (unpaired) electrons. The molecule has 1 aromatic carbocycles. The number of hydrogen-bond donors (Lipinski definition) is 1. The summed E-state index contributed by atoms with van der Waals surface area (Å²) in [6.07, 6.45) is 0.493. The second-order valence-corrected chi connectivity index (χ2v) is 8.44. The van der Waals surface area contributed by atoms with Gasteiger partial charge in [-0.05, 0) is 38.0 Å². The van der Waals surface area contributed by atoms with E-state index >= 15 is 0 Å². The topological polar surface area (TPSA) is 76.6 Å². The second-order valence-electron chi connectivity index (χ2n) is 7.60. The van der Waals surface area contributed by atoms with E-state index in [4.69, 9.17) is 42.6 Å². The summed E-state index contributed by atoms with van der Waals surface area (Å²) in [4.78, 5) is 23.5. The summed E-state index contributed by atoms with van der Waals surface area (Å²) in [5.41, 5.74) is 3.08. The predicted molar refractivity (Wildman–Crippen MR) is 128 cm³/mol. The summed E-state index contributed by atoms with van der Waals surface area (Å²) < 4.78 is 23.2. The average Bonchev–Trinajstić information content (AvgIpc) is 3.20. The number of aromatic nitrogens is 2. The fourth-order valence-corrected chi connectivity index (χ4v) is 4.35. The minimum Gasteiger partial charge on any atom is -0.447 e. The van der Waals surface area contributed by atoms with Crippen LogP contribution in [0.15, 0.2) is 18.2 Å². The lowest BCUT2D eigenvalue weighted by Crippen LogP contribution is -2.35. The molecule has 2 atom stereocenters. The maximum absolute atomic E-state index is 12.4. The third-order valence-corrected chi connectivity index (χ3v) is 5.97. The third kappa shape index (κ3) is 6.05. The number of ether oxygens (including phenoxy) is 2. The van der Waals surface area contributed by atoms with Crippen molar-refractivity contribution in [3.05, 3.63) is 39.6 Å². The van der Waals surface area contributed by atoms with Crippen molar-refractivity contribution in [2.24, 2.45) is 0 Å². The molecule has 10 heteroatoms. The van der Waals surface area contributed by atoms with Crippen LogP contribution in [0.1, 0.15) is 32.2 Å². The standard InChI is InChI=1S/C23H29Cl2FN4O3/c1-4-17-21(15-8-7-14(24)11-16(15)25)27-18(5-2)22(28-17)29-19-12-30(13-20(19)32-6-3)23(31)33-10-9-26/h7-8,11,19-20H,4-6,9-10,12-13H2,1-3H3,(H,28,29)/t19-,20+/m0/s1. The Morgan fingerprint density at radius 2 is 1.94 bits per heavy atom. The zero-order valence-corrected chi connectivity index (χ0v) is 20.5. The van der Waals surface area contributed by atoms with Crippen LogP contribution in [0, 0.1) is 0 Å². The molecular weight excluding hydrogens is 470 g/mol. The van der Waals surface area contributed by atoms with Crippen molar-refractivity contribution in [2.75, 3.05) is 38.3 Å². The molecule has 33 heavy (non-hydrogen) atoms. The molecule has 0 spiro atoms. The molecule has 1 fully saturated rings. The van der Waals surface area contributed by atoms with Crippen molar-refractivity contribution in [1.82, 2.24) is 14.9 Å². The Hall–Kier alpha value is -2.16. The van der Waals surface area contributed by atoms with Gasteiger partial charge in [-0.25, -0.2) is 19.2 Å². The van der Waals surface area contributed by atoms with Gasteiger partial charge in [0.15, 0.2) is 0 Å². The summed E-state index contributed by atoms with van der Waals surface area (Å²) in [6, 6.07) is 5.11. The number of nitrogens with one attached hydrogen (secondary N) is 1. The minimum absolute atomic E-state index is 0.211. The van der Waals surface area contributed by atoms with Crippen LogP contribution in [-0.4, -0.2) is 66.1 Å². The number of amides is 1. The molecule has 1 aliphatic heterocycles. The van der Waals surface area contributed by atoms with Gasteiger partial charge in [0.25, 0.3) is 0 Å². The van der Waals surface area contributed by atoms with Gasteiger partial charge in [0.1, 0.15) is 19.1 Å². The van der Waals surface area contributed by atoms with E-state index in [1.165, 1.54) is 4.90 Å². The van der Waals surface area contributed by atoms with Gasteiger partial charge < -0.3 is 19.7 Å². The first-order valence-corrected chi connectivity index (χ1v) is 11.9. The summed E-state index contributed by atoms with van der Waals surface area (Å²) >= 11 is 12.5. The van der Waals surface area contributed by atoms with E-state index in [0.29, 0.717) is 48.4 Å². The molecular formula is C23H29Cl2FN4O3. The summed E-state index contributed by atoms with van der Waals surface area (Å²) in [6.45, 7) is 6.14. The molecule has 2 heterocycles. The van der Waals surface area contributed by atoms with Crippen molar-refractivity contribution in [3.8, 4) is 11.3 Å². The average molecular weight is 499 g/mol. The molecule has 0 saturated carbocycles. The quantitative estimate of drug-likeness (QED) is 0.512. The highest BCUT2D eigenvalue weighted by molar-refractivity contribution is 6.36. The smallest absolute Gasteiger partial charge is 0.410 e. The van der Waals surface area contributed by atoms with Gasteiger partial charge in [0.2, 0.25) is 0 Å². The molecule has 2 aromatic rings. The zero-order valence-electron chi connectivity index (χ0n) is 19.0. The number of likely N-dealkylation sites (tertiary alicyclic amines) is 1. The summed E-state index contributed by atoms with van der Waals surface area (Å²) in [5, 5.41) is 4.51. The highest BCUT2D eigenvalue weighted by Gasteiger charge is 2.37. The molecule has 1 aromatic heterocycles. The Kier molecular flexibility index (Phi) is 9.11.